The van der Waals surface area contributed by atoms with Crippen molar-refractivity contribution in [2.45, 2.75) is 31.4 Å². The van der Waals surface area contributed by atoms with Crippen LogP contribution in [0.2, 0.25) is 0 Å². The Kier molecular flexibility index (Phi) is 7.79. The zero-order valence-corrected chi connectivity index (χ0v) is 13.9. The molecule has 0 unspecified atom stereocenters. The van der Waals surface area contributed by atoms with Crippen molar-refractivity contribution in [3.8, 4) is 0 Å². The van der Waals surface area contributed by atoms with Gasteiger partial charge in [-0.3, -0.25) is 4.79 Å². The van der Waals surface area contributed by atoms with Gasteiger partial charge in [-0.1, -0.05) is 18.2 Å². The van der Waals surface area contributed by atoms with E-state index in [1.807, 2.05) is 11.0 Å². The SMILES string of the molecule is CNCC(=O)N1CCC[C@H](OC)[C@@H]1Cc1ccccc1F.Cl. The number of halogens is 2. The minimum absolute atomic E-state index is 0. The number of benzene rings is 1. The number of likely N-dealkylation sites (N-methyl/N-ethyl adjacent to an activating group) is 1. The summed E-state index contributed by atoms with van der Waals surface area (Å²) in [5.74, 6) is -0.181. The average Bonchev–Trinajstić information content (AvgIpc) is 2.50. The van der Waals surface area contributed by atoms with Crippen LogP contribution in [0, 0.1) is 5.82 Å². The van der Waals surface area contributed by atoms with E-state index in [4.69, 9.17) is 4.74 Å². The normalized spacial score (nSPS) is 21.3. The van der Waals surface area contributed by atoms with Gasteiger partial charge in [0.2, 0.25) is 5.91 Å². The van der Waals surface area contributed by atoms with Crippen LogP contribution in [0.4, 0.5) is 4.39 Å². The van der Waals surface area contributed by atoms with Crippen LogP contribution < -0.4 is 5.32 Å². The lowest BCUT2D eigenvalue weighted by Gasteiger charge is -2.41. The summed E-state index contributed by atoms with van der Waals surface area (Å²) in [6, 6.07) is 6.62. The molecule has 1 N–H and O–H groups in total. The molecule has 1 heterocycles. The first-order valence-electron chi connectivity index (χ1n) is 7.37. The molecule has 0 bridgehead atoms. The predicted octanol–water partition coefficient (Wildman–Crippen LogP) is 2.02. The van der Waals surface area contributed by atoms with E-state index in [0.717, 1.165) is 12.8 Å². The fraction of sp³-hybridized carbons (Fsp3) is 0.562. The summed E-state index contributed by atoms with van der Waals surface area (Å²) in [5, 5.41) is 2.89. The van der Waals surface area contributed by atoms with Gasteiger partial charge in [0.1, 0.15) is 5.82 Å². The van der Waals surface area contributed by atoms with Crippen molar-refractivity contribution in [2.24, 2.45) is 0 Å². The van der Waals surface area contributed by atoms with Crippen LogP contribution >= 0.6 is 12.4 Å². The topological polar surface area (TPSA) is 41.6 Å². The largest absolute Gasteiger partial charge is 0.379 e. The summed E-state index contributed by atoms with van der Waals surface area (Å²) in [6.07, 6.45) is 2.26. The second-order valence-electron chi connectivity index (χ2n) is 5.40. The molecule has 4 nitrogen and oxygen atoms in total. The van der Waals surface area contributed by atoms with Crippen molar-refractivity contribution in [1.82, 2.24) is 10.2 Å². The molecule has 1 saturated heterocycles. The Morgan fingerprint density at radius 3 is 2.82 bits per heavy atom. The van der Waals surface area contributed by atoms with Crippen LogP contribution in [0.15, 0.2) is 24.3 Å². The fourth-order valence-electron chi connectivity index (χ4n) is 2.99. The van der Waals surface area contributed by atoms with Crippen molar-refractivity contribution in [1.29, 1.82) is 0 Å². The third kappa shape index (κ3) is 4.41. The number of piperidine rings is 1. The number of likely N-dealkylation sites (tertiary alicyclic amines) is 1. The maximum Gasteiger partial charge on any atom is 0.236 e. The lowest BCUT2D eigenvalue weighted by Crippen LogP contribution is -2.54. The maximum atomic E-state index is 13.9. The van der Waals surface area contributed by atoms with Crippen LogP contribution in [-0.4, -0.2) is 50.2 Å². The molecule has 2 atom stereocenters. The van der Waals surface area contributed by atoms with Crippen LogP contribution in [0.1, 0.15) is 18.4 Å². The Morgan fingerprint density at radius 1 is 1.45 bits per heavy atom. The third-order valence-electron chi connectivity index (χ3n) is 4.06. The van der Waals surface area contributed by atoms with Crippen molar-refractivity contribution >= 4 is 18.3 Å². The lowest BCUT2D eigenvalue weighted by atomic mass is 9.92. The summed E-state index contributed by atoms with van der Waals surface area (Å²) in [5.41, 5.74) is 0.633. The number of hydrogen-bond donors (Lipinski definition) is 1. The van der Waals surface area contributed by atoms with Crippen molar-refractivity contribution in [3.05, 3.63) is 35.6 Å². The first-order chi connectivity index (χ1) is 10.2. The number of nitrogens with one attached hydrogen (secondary N) is 1. The summed E-state index contributed by atoms with van der Waals surface area (Å²) >= 11 is 0. The van der Waals surface area contributed by atoms with Gasteiger partial charge in [0, 0.05) is 13.7 Å². The van der Waals surface area contributed by atoms with Gasteiger partial charge in [0.15, 0.2) is 0 Å². The number of methoxy groups -OCH3 is 1. The highest BCUT2D eigenvalue weighted by Crippen LogP contribution is 2.24. The van der Waals surface area contributed by atoms with Crippen LogP contribution in [0.5, 0.6) is 0 Å². The van der Waals surface area contributed by atoms with E-state index >= 15 is 0 Å². The number of rotatable bonds is 5. The van der Waals surface area contributed by atoms with Crippen molar-refractivity contribution < 1.29 is 13.9 Å². The van der Waals surface area contributed by atoms with Crippen LogP contribution in [-0.2, 0) is 16.0 Å². The Balaban J connectivity index is 0.00000242. The highest BCUT2D eigenvalue weighted by Gasteiger charge is 2.34. The van der Waals surface area contributed by atoms with Gasteiger partial charge in [-0.05, 0) is 37.9 Å². The van der Waals surface area contributed by atoms with Crippen LogP contribution in [0.3, 0.4) is 0 Å². The number of amides is 1. The van der Waals surface area contributed by atoms with E-state index in [1.165, 1.54) is 6.07 Å². The number of hydrogen-bond acceptors (Lipinski definition) is 3. The van der Waals surface area contributed by atoms with E-state index in [2.05, 4.69) is 5.32 Å². The summed E-state index contributed by atoms with van der Waals surface area (Å²) in [4.78, 5) is 14.1. The monoisotopic (exact) mass is 330 g/mol. The summed E-state index contributed by atoms with van der Waals surface area (Å²) in [6.45, 7) is 1.00. The first kappa shape index (κ1) is 18.9. The Bertz CT molecular complexity index is 487. The minimum Gasteiger partial charge on any atom is -0.379 e. The Morgan fingerprint density at radius 2 is 2.18 bits per heavy atom. The molecule has 1 fully saturated rings. The van der Waals surface area contributed by atoms with Gasteiger partial charge in [0.05, 0.1) is 18.7 Å². The zero-order chi connectivity index (χ0) is 15.2. The number of nitrogens with zero attached hydrogens (tertiary/aromatic N) is 1. The molecule has 1 aliphatic rings. The van der Waals surface area contributed by atoms with Crippen molar-refractivity contribution in [3.63, 3.8) is 0 Å². The van der Waals surface area contributed by atoms with E-state index in [9.17, 15) is 9.18 Å². The second-order valence-corrected chi connectivity index (χ2v) is 5.40. The van der Waals surface area contributed by atoms with Gasteiger partial charge < -0.3 is 15.0 Å². The average molecular weight is 331 g/mol. The highest BCUT2D eigenvalue weighted by molar-refractivity contribution is 5.85. The van der Waals surface area contributed by atoms with Gasteiger partial charge >= 0.3 is 0 Å². The molecule has 0 aromatic heterocycles. The maximum absolute atomic E-state index is 13.9. The molecule has 1 aromatic carbocycles. The highest BCUT2D eigenvalue weighted by atomic mass is 35.5. The molecule has 0 saturated carbocycles. The van der Waals surface area contributed by atoms with E-state index in [1.54, 1.807) is 26.3 Å². The fourth-order valence-corrected chi connectivity index (χ4v) is 2.99. The van der Waals surface area contributed by atoms with E-state index < -0.39 is 0 Å². The minimum atomic E-state index is -0.223. The molecule has 1 aliphatic heterocycles. The Labute approximate surface area is 137 Å². The van der Waals surface area contributed by atoms with E-state index in [0.29, 0.717) is 25.1 Å². The Hall–Kier alpha value is -1.17. The lowest BCUT2D eigenvalue weighted by molar-refractivity contribution is -0.138. The molecule has 6 heteroatoms. The van der Waals surface area contributed by atoms with Gasteiger partial charge in [0.25, 0.3) is 0 Å². The quantitative estimate of drug-likeness (QED) is 0.898. The third-order valence-corrected chi connectivity index (χ3v) is 4.06. The molecule has 0 aliphatic carbocycles. The summed E-state index contributed by atoms with van der Waals surface area (Å²) in [7, 11) is 3.41. The molecule has 124 valence electrons. The molecule has 0 radical (unpaired) electrons. The predicted molar refractivity (Wildman–Crippen MR) is 86.8 cm³/mol. The van der Waals surface area contributed by atoms with Gasteiger partial charge in [-0.2, -0.15) is 0 Å². The van der Waals surface area contributed by atoms with Gasteiger partial charge in [-0.15, -0.1) is 12.4 Å². The van der Waals surface area contributed by atoms with E-state index in [-0.39, 0.29) is 36.3 Å². The smallest absolute Gasteiger partial charge is 0.236 e. The van der Waals surface area contributed by atoms with Crippen molar-refractivity contribution in [2.75, 3.05) is 27.2 Å². The number of carbonyl (C=O) groups is 1. The first-order valence-corrected chi connectivity index (χ1v) is 7.37. The standard InChI is InChI=1S/C16H23FN2O2.ClH/c1-18-11-16(20)19-9-5-8-15(21-2)14(19)10-12-6-3-4-7-13(12)17;/h3-4,6-7,14-15,18H,5,8-11H2,1-2H3;1H/t14-,15-;/m0./s1. The molecule has 1 amide bonds. The molecule has 2 rings (SSSR count). The molecule has 22 heavy (non-hydrogen) atoms. The number of carbonyl (C=O) groups excluding carboxylic acids is 1. The number of ether oxygens (including phenoxy) is 1. The second kappa shape index (κ2) is 9.08. The van der Waals surface area contributed by atoms with Gasteiger partial charge in [-0.25, -0.2) is 4.39 Å². The zero-order valence-electron chi connectivity index (χ0n) is 13.0. The molecule has 1 aromatic rings. The summed E-state index contributed by atoms with van der Waals surface area (Å²) < 4.78 is 19.4. The van der Waals surface area contributed by atoms with Crippen LogP contribution in [0.25, 0.3) is 0 Å². The molecular weight excluding hydrogens is 307 g/mol. The molecule has 0 spiro atoms. The molecular formula is C16H24ClFN2O2.